The first-order valence-electron chi connectivity index (χ1n) is 8.45. The van der Waals surface area contributed by atoms with Gasteiger partial charge in [-0.05, 0) is 37.1 Å². The Morgan fingerprint density at radius 1 is 1.38 bits per heavy atom. The van der Waals surface area contributed by atoms with Crippen LogP contribution in [0.15, 0.2) is 36.7 Å². The minimum absolute atomic E-state index is 0.119. The second kappa shape index (κ2) is 7.47. The fraction of sp³-hybridized carbons (Fsp3) is 0.444. The molecule has 1 atom stereocenters. The van der Waals surface area contributed by atoms with Crippen LogP contribution in [-0.4, -0.2) is 39.5 Å². The summed E-state index contributed by atoms with van der Waals surface area (Å²) in [5.41, 5.74) is 0.888. The number of hydrogen-bond donors (Lipinski definition) is 1. The average Bonchev–Trinajstić information content (AvgIpc) is 3.04. The number of carbonyl (C=O) groups excluding carboxylic acids is 1. The molecule has 1 fully saturated rings. The zero-order valence-corrected chi connectivity index (χ0v) is 13.9. The maximum Gasteiger partial charge on any atom is 0.242 e. The number of nitrogens with one attached hydrogen (secondary N) is 1. The van der Waals surface area contributed by atoms with Crippen molar-refractivity contribution in [2.24, 2.45) is 0 Å². The van der Waals surface area contributed by atoms with Gasteiger partial charge in [0.1, 0.15) is 18.2 Å². The summed E-state index contributed by atoms with van der Waals surface area (Å²) >= 11 is 0. The monoisotopic (exact) mass is 330 g/mol. The number of rotatable bonds is 5. The number of piperidine rings is 1. The molecule has 1 aromatic carbocycles. The Morgan fingerprint density at radius 2 is 2.17 bits per heavy atom. The summed E-state index contributed by atoms with van der Waals surface area (Å²) in [7, 11) is 0. The van der Waals surface area contributed by atoms with Crippen LogP contribution in [0.3, 0.4) is 0 Å². The van der Waals surface area contributed by atoms with Gasteiger partial charge in [0.2, 0.25) is 5.91 Å². The van der Waals surface area contributed by atoms with Gasteiger partial charge in [-0.1, -0.05) is 6.92 Å². The molecule has 1 saturated heterocycles. The Bertz CT molecular complexity index is 683. The summed E-state index contributed by atoms with van der Waals surface area (Å²) in [6.45, 7) is 3.84. The molecule has 1 aliphatic rings. The van der Waals surface area contributed by atoms with Crippen LogP contribution >= 0.6 is 0 Å². The fourth-order valence-electron chi connectivity index (χ4n) is 3.15. The number of amides is 1. The molecule has 2 aromatic rings. The van der Waals surface area contributed by atoms with E-state index in [-0.39, 0.29) is 17.8 Å². The van der Waals surface area contributed by atoms with Gasteiger partial charge in [0.15, 0.2) is 0 Å². The number of imidazole rings is 1. The Labute approximate surface area is 141 Å². The van der Waals surface area contributed by atoms with E-state index in [2.05, 4.69) is 10.3 Å². The molecule has 128 valence electrons. The van der Waals surface area contributed by atoms with E-state index in [1.54, 1.807) is 18.3 Å². The van der Waals surface area contributed by atoms with Crippen molar-refractivity contribution >= 4 is 11.6 Å². The molecule has 0 bridgehead atoms. The van der Waals surface area contributed by atoms with Crippen molar-refractivity contribution < 1.29 is 9.18 Å². The zero-order chi connectivity index (χ0) is 16.9. The van der Waals surface area contributed by atoms with E-state index < -0.39 is 0 Å². The molecule has 1 unspecified atom stereocenters. The highest BCUT2D eigenvalue weighted by atomic mass is 19.1. The van der Waals surface area contributed by atoms with Gasteiger partial charge in [0.05, 0.1) is 0 Å². The molecule has 24 heavy (non-hydrogen) atoms. The van der Waals surface area contributed by atoms with Crippen LogP contribution in [0.25, 0.3) is 0 Å². The van der Waals surface area contributed by atoms with Crippen molar-refractivity contribution in [2.45, 2.75) is 38.8 Å². The normalized spacial score (nSPS) is 17.8. The third-order valence-corrected chi connectivity index (χ3v) is 4.41. The molecule has 1 amide bonds. The molecule has 2 heterocycles. The Morgan fingerprint density at radius 3 is 2.92 bits per heavy atom. The third kappa shape index (κ3) is 3.93. The molecule has 5 nitrogen and oxygen atoms in total. The van der Waals surface area contributed by atoms with Crippen LogP contribution < -0.4 is 5.32 Å². The lowest BCUT2D eigenvalue weighted by atomic mass is 10.1. The summed E-state index contributed by atoms with van der Waals surface area (Å²) in [6.07, 6.45) is 6.38. The van der Waals surface area contributed by atoms with Gasteiger partial charge < -0.3 is 14.8 Å². The molecule has 0 spiro atoms. The molecule has 3 rings (SSSR count). The number of anilines is 1. The van der Waals surface area contributed by atoms with E-state index in [0.29, 0.717) is 13.1 Å². The van der Waals surface area contributed by atoms with Crippen molar-refractivity contribution in [2.75, 3.05) is 18.4 Å². The van der Waals surface area contributed by atoms with Gasteiger partial charge in [0.25, 0.3) is 0 Å². The van der Waals surface area contributed by atoms with Crippen molar-refractivity contribution in [3.63, 3.8) is 0 Å². The van der Waals surface area contributed by atoms with Crippen LogP contribution in [0.2, 0.25) is 0 Å². The number of nitrogens with zero attached hydrogens (tertiary/aromatic N) is 3. The maximum atomic E-state index is 13.0. The number of benzene rings is 1. The van der Waals surface area contributed by atoms with Crippen molar-refractivity contribution in [1.29, 1.82) is 0 Å². The van der Waals surface area contributed by atoms with Crippen LogP contribution in [0, 0.1) is 5.82 Å². The van der Waals surface area contributed by atoms with Crippen LogP contribution in [0.4, 0.5) is 10.1 Å². The SMILES string of the molecule is CCc1nccn1CC(=O)N1CCCC(Nc2ccc(F)cc2)C1. The van der Waals surface area contributed by atoms with Crippen molar-refractivity contribution in [3.05, 3.63) is 48.3 Å². The van der Waals surface area contributed by atoms with E-state index in [9.17, 15) is 9.18 Å². The second-order valence-electron chi connectivity index (χ2n) is 6.16. The second-order valence-corrected chi connectivity index (χ2v) is 6.16. The lowest BCUT2D eigenvalue weighted by molar-refractivity contribution is -0.132. The predicted octanol–water partition coefficient (Wildman–Crippen LogP) is 2.69. The lowest BCUT2D eigenvalue weighted by Crippen LogP contribution is -2.46. The van der Waals surface area contributed by atoms with E-state index in [1.165, 1.54) is 12.1 Å². The van der Waals surface area contributed by atoms with Crippen LogP contribution in [-0.2, 0) is 17.8 Å². The molecule has 6 heteroatoms. The van der Waals surface area contributed by atoms with Crippen molar-refractivity contribution in [3.8, 4) is 0 Å². The molecule has 1 aliphatic heterocycles. The minimum atomic E-state index is -0.243. The summed E-state index contributed by atoms with van der Waals surface area (Å²) in [6, 6.07) is 6.55. The van der Waals surface area contributed by atoms with E-state index >= 15 is 0 Å². The Hall–Kier alpha value is -2.37. The lowest BCUT2D eigenvalue weighted by Gasteiger charge is -2.34. The summed E-state index contributed by atoms with van der Waals surface area (Å²) < 4.78 is 14.9. The van der Waals surface area contributed by atoms with Gasteiger partial charge >= 0.3 is 0 Å². The summed E-state index contributed by atoms with van der Waals surface area (Å²) in [5.74, 6) is 0.808. The van der Waals surface area contributed by atoms with Crippen molar-refractivity contribution in [1.82, 2.24) is 14.5 Å². The smallest absolute Gasteiger partial charge is 0.242 e. The first-order chi connectivity index (χ1) is 11.7. The summed E-state index contributed by atoms with van der Waals surface area (Å²) in [4.78, 5) is 18.7. The molecule has 0 saturated carbocycles. The van der Waals surface area contributed by atoms with E-state index in [1.807, 2.05) is 22.6 Å². The van der Waals surface area contributed by atoms with Crippen LogP contribution in [0.5, 0.6) is 0 Å². The van der Waals surface area contributed by atoms with E-state index in [0.717, 1.165) is 37.3 Å². The molecule has 0 radical (unpaired) electrons. The van der Waals surface area contributed by atoms with Gasteiger partial charge in [0, 0.05) is 43.6 Å². The quantitative estimate of drug-likeness (QED) is 0.917. The zero-order valence-electron chi connectivity index (χ0n) is 13.9. The molecular formula is C18H23FN4O. The number of likely N-dealkylation sites (tertiary alicyclic amines) is 1. The van der Waals surface area contributed by atoms with Gasteiger partial charge in [-0.2, -0.15) is 0 Å². The molecular weight excluding hydrogens is 307 g/mol. The summed E-state index contributed by atoms with van der Waals surface area (Å²) in [5, 5.41) is 3.39. The average molecular weight is 330 g/mol. The maximum absolute atomic E-state index is 13.0. The number of aryl methyl sites for hydroxylation is 1. The highest BCUT2D eigenvalue weighted by Gasteiger charge is 2.24. The van der Waals surface area contributed by atoms with Gasteiger partial charge in [-0.3, -0.25) is 4.79 Å². The van der Waals surface area contributed by atoms with Crippen LogP contribution in [0.1, 0.15) is 25.6 Å². The van der Waals surface area contributed by atoms with Gasteiger partial charge in [-0.25, -0.2) is 9.37 Å². The largest absolute Gasteiger partial charge is 0.381 e. The number of hydrogen-bond acceptors (Lipinski definition) is 3. The third-order valence-electron chi connectivity index (χ3n) is 4.41. The van der Waals surface area contributed by atoms with Gasteiger partial charge in [-0.15, -0.1) is 0 Å². The van der Waals surface area contributed by atoms with E-state index in [4.69, 9.17) is 0 Å². The highest BCUT2D eigenvalue weighted by molar-refractivity contribution is 5.76. The Balaban J connectivity index is 1.58. The first kappa shape index (κ1) is 16.5. The standard InChI is InChI=1S/C18H23FN4O/c1-2-17-20-9-11-22(17)13-18(24)23-10-3-4-16(12-23)21-15-7-5-14(19)6-8-15/h5-9,11,16,21H,2-4,10,12-13H2,1H3. The predicted molar refractivity (Wildman–Crippen MR) is 91.2 cm³/mol. The molecule has 1 aromatic heterocycles. The first-order valence-corrected chi connectivity index (χ1v) is 8.45. The molecule has 1 N–H and O–H groups in total. The number of aromatic nitrogens is 2. The highest BCUT2D eigenvalue weighted by Crippen LogP contribution is 2.17. The number of halogens is 1. The minimum Gasteiger partial charge on any atom is -0.381 e. The number of carbonyl (C=O) groups is 1. The fourth-order valence-corrected chi connectivity index (χ4v) is 3.15. The Kier molecular flexibility index (Phi) is 5.13. The topological polar surface area (TPSA) is 50.2 Å². The molecule has 0 aliphatic carbocycles.